The van der Waals surface area contributed by atoms with E-state index >= 15 is 0 Å². The average molecular weight is 365 g/mol. The molecule has 0 amide bonds. The van der Waals surface area contributed by atoms with Gasteiger partial charge in [-0.25, -0.2) is 4.68 Å². The third-order valence-corrected chi connectivity index (χ3v) is 4.11. The van der Waals surface area contributed by atoms with Crippen molar-refractivity contribution in [1.82, 2.24) is 29.9 Å². The highest BCUT2D eigenvalue weighted by molar-refractivity contribution is 7.71. The van der Waals surface area contributed by atoms with Crippen LogP contribution >= 0.6 is 12.2 Å². The summed E-state index contributed by atoms with van der Waals surface area (Å²) < 4.78 is 8.97. The fraction of sp³-hybridized carbons (Fsp3) is 0.118. The minimum Gasteiger partial charge on any atom is -0.497 e. The Kier molecular flexibility index (Phi) is 4.28. The van der Waals surface area contributed by atoms with Crippen LogP contribution in [-0.2, 0) is 6.54 Å². The van der Waals surface area contributed by atoms with E-state index in [2.05, 4.69) is 25.6 Å². The molecule has 4 rings (SSSR count). The van der Waals surface area contributed by atoms with Gasteiger partial charge in [0.15, 0.2) is 5.82 Å². The van der Waals surface area contributed by atoms with Crippen molar-refractivity contribution in [3.63, 3.8) is 0 Å². The molecule has 0 bridgehead atoms. The Labute approximate surface area is 153 Å². The van der Waals surface area contributed by atoms with Crippen LogP contribution in [0.15, 0.2) is 53.6 Å². The first-order valence-corrected chi connectivity index (χ1v) is 8.28. The number of aromatic nitrogens is 6. The van der Waals surface area contributed by atoms with Crippen molar-refractivity contribution in [2.24, 2.45) is 5.10 Å². The molecule has 2 aromatic heterocycles. The van der Waals surface area contributed by atoms with Crippen LogP contribution in [0.5, 0.6) is 5.75 Å². The van der Waals surface area contributed by atoms with Gasteiger partial charge in [-0.2, -0.15) is 14.9 Å². The van der Waals surface area contributed by atoms with E-state index in [0.29, 0.717) is 17.1 Å². The molecule has 0 unspecified atom stereocenters. The number of hydrogen-bond acceptors (Lipinski definition) is 6. The molecule has 0 radical (unpaired) electrons. The van der Waals surface area contributed by atoms with Gasteiger partial charge in [0.1, 0.15) is 17.8 Å². The summed E-state index contributed by atoms with van der Waals surface area (Å²) in [6.45, 7) is 0.392. The molecule has 0 atom stereocenters. The van der Waals surface area contributed by atoms with Gasteiger partial charge in [0.2, 0.25) is 4.77 Å². The van der Waals surface area contributed by atoms with Gasteiger partial charge >= 0.3 is 0 Å². The number of rotatable bonds is 5. The quantitative estimate of drug-likeness (QED) is 0.434. The lowest BCUT2D eigenvalue weighted by atomic mass is 10.2. The van der Waals surface area contributed by atoms with Gasteiger partial charge < -0.3 is 4.74 Å². The maximum atomic E-state index is 5.29. The molecule has 26 heavy (non-hydrogen) atoms. The number of benzene rings is 2. The summed E-state index contributed by atoms with van der Waals surface area (Å²) >= 11 is 5.29. The molecule has 2 heterocycles. The first-order chi connectivity index (χ1) is 12.7. The van der Waals surface area contributed by atoms with Gasteiger partial charge in [-0.05, 0) is 42.0 Å². The lowest BCUT2D eigenvalue weighted by Gasteiger charge is -2.03. The minimum atomic E-state index is 0.392. The first-order valence-electron chi connectivity index (χ1n) is 7.87. The number of methoxy groups -OCH3 is 1. The van der Waals surface area contributed by atoms with Gasteiger partial charge in [0.25, 0.3) is 0 Å². The topological polar surface area (TPSA) is 85.9 Å². The largest absolute Gasteiger partial charge is 0.497 e. The maximum absolute atomic E-state index is 5.29. The SMILES string of the molecule is COc1cccc(/C=N\n2c(Cn3nnc4ccccc43)n[nH]c2=S)c1. The average Bonchev–Trinajstić information content (AvgIpc) is 3.24. The third kappa shape index (κ3) is 3.11. The second-order valence-corrected chi connectivity index (χ2v) is 5.90. The van der Waals surface area contributed by atoms with Gasteiger partial charge in [0, 0.05) is 0 Å². The molecule has 130 valence electrons. The smallest absolute Gasteiger partial charge is 0.216 e. The van der Waals surface area contributed by atoms with Crippen molar-refractivity contribution in [2.75, 3.05) is 7.11 Å². The maximum Gasteiger partial charge on any atom is 0.216 e. The normalized spacial score (nSPS) is 11.4. The molecule has 0 aliphatic carbocycles. The molecule has 4 aromatic rings. The Morgan fingerprint density at radius 2 is 2.12 bits per heavy atom. The summed E-state index contributed by atoms with van der Waals surface area (Å²) in [5.41, 5.74) is 2.64. The Bertz CT molecular complexity index is 1140. The van der Waals surface area contributed by atoms with Crippen LogP contribution in [0.4, 0.5) is 0 Å². The van der Waals surface area contributed by atoms with Crippen LogP contribution in [0.3, 0.4) is 0 Å². The van der Waals surface area contributed by atoms with Crippen molar-refractivity contribution in [3.8, 4) is 5.75 Å². The second-order valence-electron chi connectivity index (χ2n) is 5.51. The monoisotopic (exact) mass is 365 g/mol. The van der Waals surface area contributed by atoms with Crippen molar-refractivity contribution in [2.45, 2.75) is 6.54 Å². The van der Waals surface area contributed by atoms with Crippen LogP contribution < -0.4 is 4.74 Å². The molecule has 2 aromatic carbocycles. The van der Waals surface area contributed by atoms with Crippen LogP contribution in [0.25, 0.3) is 11.0 Å². The summed E-state index contributed by atoms with van der Waals surface area (Å²) in [4.78, 5) is 0. The zero-order chi connectivity index (χ0) is 17.9. The van der Waals surface area contributed by atoms with Crippen molar-refractivity contribution >= 4 is 29.5 Å². The van der Waals surface area contributed by atoms with E-state index < -0.39 is 0 Å². The van der Waals surface area contributed by atoms with Gasteiger partial charge in [-0.3, -0.25) is 5.10 Å². The highest BCUT2D eigenvalue weighted by atomic mass is 32.1. The van der Waals surface area contributed by atoms with Crippen LogP contribution in [0, 0.1) is 4.77 Å². The number of para-hydroxylation sites is 1. The zero-order valence-electron chi connectivity index (χ0n) is 13.9. The van der Waals surface area contributed by atoms with Gasteiger partial charge in [0.05, 0.1) is 18.8 Å². The van der Waals surface area contributed by atoms with E-state index in [9.17, 15) is 0 Å². The van der Waals surface area contributed by atoms with Crippen LogP contribution in [0.2, 0.25) is 0 Å². The Hall–Kier alpha value is -3.33. The lowest BCUT2D eigenvalue weighted by molar-refractivity contribution is 0.414. The van der Waals surface area contributed by atoms with Crippen LogP contribution in [0.1, 0.15) is 11.4 Å². The Morgan fingerprint density at radius 1 is 1.23 bits per heavy atom. The first kappa shape index (κ1) is 16.2. The molecule has 0 fully saturated rings. The van der Waals surface area contributed by atoms with E-state index in [4.69, 9.17) is 17.0 Å². The van der Waals surface area contributed by atoms with E-state index in [0.717, 1.165) is 22.3 Å². The molecular formula is C17H15N7OS. The molecule has 9 heteroatoms. The minimum absolute atomic E-state index is 0.392. The summed E-state index contributed by atoms with van der Waals surface area (Å²) in [7, 11) is 1.63. The number of nitrogens with one attached hydrogen (secondary N) is 1. The molecule has 0 saturated carbocycles. The number of H-pyrrole nitrogens is 1. The number of aromatic amines is 1. The van der Waals surface area contributed by atoms with E-state index in [1.165, 1.54) is 0 Å². The fourth-order valence-electron chi connectivity index (χ4n) is 2.56. The van der Waals surface area contributed by atoms with Crippen molar-refractivity contribution in [1.29, 1.82) is 0 Å². The van der Waals surface area contributed by atoms with E-state index in [-0.39, 0.29) is 0 Å². The predicted molar refractivity (Wildman–Crippen MR) is 100 cm³/mol. The summed E-state index contributed by atoms with van der Waals surface area (Å²) in [5, 5.41) is 19.8. The summed E-state index contributed by atoms with van der Waals surface area (Å²) in [6, 6.07) is 15.3. The zero-order valence-corrected chi connectivity index (χ0v) is 14.7. The molecule has 0 saturated heterocycles. The Morgan fingerprint density at radius 3 is 3.00 bits per heavy atom. The van der Waals surface area contributed by atoms with Crippen LogP contribution in [-0.4, -0.2) is 43.2 Å². The molecule has 8 nitrogen and oxygen atoms in total. The predicted octanol–water partition coefficient (Wildman–Crippen LogP) is 2.62. The number of fused-ring (bicyclic) bond motifs is 1. The van der Waals surface area contributed by atoms with Crippen molar-refractivity contribution in [3.05, 3.63) is 64.7 Å². The number of nitrogens with zero attached hydrogens (tertiary/aromatic N) is 6. The molecular weight excluding hydrogens is 350 g/mol. The van der Waals surface area contributed by atoms with Crippen molar-refractivity contribution < 1.29 is 4.74 Å². The second kappa shape index (κ2) is 6.89. The number of ether oxygens (including phenoxy) is 1. The Balaban J connectivity index is 1.65. The molecule has 1 N–H and O–H groups in total. The highest BCUT2D eigenvalue weighted by Crippen LogP contribution is 2.13. The highest BCUT2D eigenvalue weighted by Gasteiger charge is 2.10. The lowest BCUT2D eigenvalue weighted by Crippen LogP contribution is -2.08. The molecule has 0 aliphatic rings. The van der Waals surface area contributed by atoms with E-state index in [1.807, 2.05) is 48.5 Å². The van der Waals surface area contributed by atoms with Gasteiger partial charge in [-0.15, -0.1) is 5.10 Å². The summed E-state index contributed by atoms with van der Waals surface area (Å²) in [6.07, 6.45) is 1.71. The third-order valence-electron chi connectivity index (χ3n) is 3.84. The summed E-state index contributed by atoms with van der Waals surface area (Å²) in [5.74, 6) is 1.39. The fourth-order valence-corrected chi connectivity index (χ4v) is 2.76. The standard InChI is InChI=1S/C17H15N7OS/c1-25-13-6-4-5-12(9-13)10-18-24-16(20-21-17(24)26)11-23-15-8-3-2-7-14(15)19-22-23/h2-10H,11H2,1H3,(H,21,26)/b18-10-. The van der Waals surface area contributed by atoms with E-state index in [1.54, 1.807) is 22.7 Å². The molecule has 0 aliphatic heterocycles. The number of hydrogen-bond donors (Lipinski definition) is 1. The van der Waals surface area contributed by atoms with Gasteiger partial charge in [-0.1, -0.05) is 29.5 Å². The molecule has 0 spiro atoms.